The Bertz CT molecular complexity index is 318. The number of rotatable bonds is 9. The zero-order chi connectivity index (χ0) is 14.8. The van der Waals surface area contributed by atoms with Crippen molar-refractivity contribution in [3.63, 3.8) is 0 Å². The van der Waals surface area contributed by atoms with Crippen molar-refractivity contribution in [3.8, 4) is 0 Å². The summed E-state index contributed by atoms with van der Waals surface area (Å²) < 4.78 is 0. The number of hydrogen-bond acceptors (Lipinski definition) is 3. The first kappa shape index (κ1) is 17.4. The Balaban J connectivity index is 4.07. The molecule has 19 heavy (non-hydrogen) atoms. The van der Waals surface area contributed by atoms with Gasteiger partial charge in [0.15, 0.2) is 0 Å². The summed E-state index contributed by atoms with van der Waals surface area (Å²) in [7, 11) is 0. The maximum Gasteiger partial charge on any atom is 0.326 e. The van der Waals surface area contributed by atoms with Gasteiger partial charge < -0.3 is 15.7 Å². The van der Waals surface area contributed by atoms with Crippen LogP contribution in [0.1, 0.15) is 46.5 Å². The van der Waals surface area contributed by atoms with Gasteiger partial charge in [0.05, 0.1) is 0 Å². The molecule has 6 heteroatoms. The third kappa shape index (κ3) is 7.43. The predicted molar refractivity (Wildman–Crippen MR) is 71.6 cm³/mol. The SMILES string of the molecule is CCNC(=O)CCCC(=O)NC(C(=O)O)C(C)CC. The van der Waals surface area contributed by atoms with Gasteiger partial charge in [0.25, 0.3) is 0 Å². The summed E-state index contributed by atoms with van der Waals surface area (Å²) in [5.41, 5.74) is 0. The molecule has 0 radical (unpaired) electrons. The highest BCUT2D eigenvalue weighted by Gasteiger charge is 2.24. The lowest BCUT2D eigenvalue weighted by molar-refractivity contribution is -0.143. The van der Waals surface area contributed by atoms with E-state index < -0.39 is 12.0 Å². The van der Waals surface area contributed by atoms with E-state index in [1.54, 1.807) is 6.92 Å². The molecule has 0 aromatic carbocycles. The Morgan fingerprint density at radius 3 is 2.16 bits per heavy atom. The van der Waals surface area contributed by atoms with E-state index in [1.165, 1.54) is 0 Å². The predicted octanol–water partition coefficient (Wildman–Crippen LogP) is 0.908. The summed E-state index contributed by atoms with van der Waals surface area (Å²) in [6, 6.07) is -0.859. The Hall–Kier alpha value is -1.59. The fourth-order valence-electron chi connectivity index (χ4n) is 1.62. The third-order valence-electron chi connectivity index (χ3n) is 2.98. The number of carboxylic acids is 1. The van der Waals surface area contributed by atoms with Crippen molar-refractivity contribution in [2.75, 3.05) is 6.54 Å². The minimum atomic E-state index is -1.02. The first-order valence-corrected chi connectivity index (χ1v) is 6.71. The first-order chi connectivity index (χ1) is 8.92. The van der Waals surface area contributed by atoms with E-state index in [2.05, 4.69) is 10.6 Å². The van der Waals surface area contributed by atoms with Crippen molar-refractivity contribution in [2.45, 2.75) is 52.5 Å². The smallest absolute Gasteiger partial charge is 0.326 e. The minimum absolute atomic E-state index is 0.0907. The zero-order valence-electron chi connectivity index (χ0n) is 11.9. The summed E-state index contributed by atoms with van der Waals surface area (Å²) in [5, 5.41) is 14.2. The first-order valence-electron chi connectivity index (χ1n) is 6.71. The van der Waals surface area contributed by atoms with E-state index in [1.807, 2.05) is 13.8 Å². The molecule has 0 bridgehead atoms. The Morgan fingerprint density at radius 1 is 1.11 bits per heavy atom. The average Bonchev–Trinajstić information content (AvgIpc) is 2.35. The summed E-state index contributed by atoms with van der Waals surface area (Å²) >= 11 is 0. The Labute approximate surface area is 113 Å². The summed E-state index contributed by atoms with van der Waals surface area (Å²) in [6.07, 6.45) is 1.54. The lowest BCUT2D eigenvalue weighted by Gasteiger charge is -2.20. The average molecular weight is 272 g/mol. The highest BCUT2D eigenvalue weighted by Crippen LogP contribution is 2.08. The molecule has 2 amide bonds. The van der Waals surface area contributed by atoms with Crippen LogP contribution in [0.2, 0.25) is 0 Å². The molecule has 0 saturated carbocycles. The van der Waals surface area contributed by atoms with Crippen LogP contribution in [0.5, 0.6) is 0 Å². The Morgan fingerprint density at radius 2 is 1.68 bits per heavy atom. The van der Waals surface area contributed by atoms with Crippen molar-refractivity contribution >= 4 is 17.8 Å². The summed E-state index contributed by atoms with van der Waals surface area (Å²) in [5.74, 6) is -1.56. The number of carbonyl (C=O) groups excluding carboxylic acids is 2. The standard InChI is InChI=1S/C13H24N2O4/c1-4-9(3)12(13(18)19)15-11(17)8-6-7-10(16)14-5-2/h9,12H,4-8H2,1-3H3,(H,14,16)(H,15,17)(H,18,19). The summed E-state index contributed by atoms with van der Waals surface area (Å²) in [4.78, 5) is 33.8. The molecule has 0 aromatic rings. The second kappa shape index (κ2) is 9.35. The van der Waals surface area contributed by atoms with E-state index in [4.69, 9.17) is 5.11 Å². The molecule has 0 fully saturated rings. The van der Waals surface area contributed by atoms with Crippen LogP contribution in [-0.2, 0) is 14.4 Å². The normalized spacial score (nSPS) is 13.4. The van der Waals surface area contributed by atoms with Crippen LogP contribution in [0.15, 0.2) is 0 Å². The maximum absolute atomic E-state index is 11.6. The van der Waals surface area contributed by atoms with Gasteiger partial charge in [-0.1, -0.05) is 20.3 Å². The quantitative estimate of drug-likeness (QED) is 0.581. The third-order valence-corrected chi connectivity index (χ3v) is 2.98. The van der Waals surface area contributed by atoms with Crippen LogP contribution in [0, 0.1) is 5.92 Å². The van der Waals surface area contributed by atoms with Crippen molar-refractivity contribution in [1.82, 2.24) is 10.6 Å². The topological polar surface area (TPSA) is 95.5 Å². The number of carbonyl (C=O) groups is 3. The van der Waals surface area contributed by atoms with Crippen molar-refractivity contribution in [2.24, 2.45) is 5.92 Å². The molecule has 0 heterocycles. The fraction of sp³-hybridized carbons (Fsp3) is 0.769. The van der Waals surface area contributed by atoms with Gasteiger partial charge in [-0.2, -0.15) is 0 Å². The second-order valence-corrected chi connectivity index (χ2v) is 4.58. The molecule has 110 valence electrons. The number of nitrogens with one attached hydrogen (secondary N) is 2. The highest BCUT2D eigenvalue weighted by molar-refractivity contribution is 5.84. The van der Waals surface area contributed by atoms with E-state index in [0.717, 1.165) is 0 Å². The number of hydrogen-bond donors (Lipinski definition) is 3. The van der Waals surface area contributed by atoms with Gasteiger partial charge in [0, 0.05) is 19.4 Å². The molecule has 0 saturated heterocycles. The van der Waals surface area contributed by atoms with Gasteiger partial charge >= 0.3 is 5.97 Å². The van der Waals surface area contributed by atoms with Gasteiger partial charge in [0.2, 0.25) is 11.8 Å². The fourth-order valence-corrected chi connectivity index (χ4v) is 1.62. The molecular formula is C13H24N2O4. The molecule has 0 rings (SSSR count). The van der Waals surface area contributed by atoms with Gasteiger partial charge in [-0.3, -0.25) is 9.59 Å². The molecule has 2 unspecified atom stereocenters. The molecular weight excluding hydrogens is 248 g/mol. The van der Waals surface area contributed by atoms with E-state index in [-0.39, 0.29) is 30.6 Å². The number of carboxylic acid groups (broad SMARTS) is 1. The molecule has 2 atom stereocenters. The molecule has 6 nitrogen and oxygen atoms in total. The summed E-state index contributed by atoms with van der Waals surface area (Å²) in [6.45, 7) is 6.06. The lowest BCUT2D eigenvalue weighted by Crippen LogP contribution is -2.45. The lowest BCUT2D eigenvalue weighted by atomic mass is 9.99. The van der Waals surface area contributed by atoms with Crippen LogP contribution in [0.4, 0.5) is 0 Å². The molecule has 0 aliphatic rings. The zero-order valence-corrected chi connectivity index (χ0v) is 11.9. The Kier molecular flexibility index (Phi) is 8.57. The molecule has 0 aromatic heterocycles. The largest absolute Gasteiger partial charge is 0.480 e. The van der Waals surface area contributed by atoms with Gasteiger partial charge in [-0.25, -0.2) is 4.79 Å². The van der Waals surface area contributed by atoms with Gasteiger partial charge in [0.1, 0.15) is 6.04 Å². The van der Waals surface area contributed by atoms with E-state index in [9.17, 15) is 14.4 Å². The second-order valence-electron chi connectivity index (χ2n) is 4.58. The van der Waals surface area contributed by atoms with Gasteiger partial charge in [-0.05, 0) is 19.3 Å². The van der Waals surface area contributed by atoms with Crippen LogP contribution < -0.4 is 10.6 Å². The highest BCUT2D eigenvalue weighted by atomic mass is 16.4. The molecule has 0 spiro atoms. The van der Waals surface area contributed by atoms with E-state index >= 15 is 0 Å². The van der Waals surface area contributed by atoms with Gasteiger partial charge in [-0.15, -0.1) is 0 Å². The number of aliphatic carboxylic acids is 1. The molecule has 0 aliphatic carbocycles. The van der Waals surface area contributed by atoms with Crippen LogP contribution in [0.3, 0.4) is 0 Å². The maximum atomic E-state index is 11.6. The van der Waals surface area contributed by atoms with Crippen LogP contribution in [-0.4, -0.2) is 35.5 Å². The molecule has 3 N–H and O–H groups in total. The molecule has 0 aliphatic heterocycles. The number of amides is 2. The minimum Gasteiger partial charge on any atom is -0.480 e. The van der Waals surface area contributed by atoms with E-state index in [0.29, 0.717) is 19.4 Å². The monoisotopic (exact) mass is 272 g/mol. The van der Waals surface area contributed by atoms with Crippen LogP contribution >= 0.6 is 0 Å². The van der Waals surface area contributed by atoms with Crippen LogP contribution in [0.25, 0.3) is 0 Å². The van der Waals surface area contributed by atoms with Crippen molar-refractivity contribution in [1.29, 1.82) is 0 Å². The van der Waals surface area contributed by atoms with Crippen molar-refractivity contribution in [3.05, 3.63) is 0 Å². The van der Waals surface area contributed by atoms with Crippen molar-refractivity contribution < 1.29 is 19.5 Å².